The number of carbonyl (C=O) groups excluding carboxylic acids is 2. The fourth-order valence-electron chi connectivity index (χ4n) is 3.01. The summed E-state index contributed by atoms with van der Waals surface area (Å²) in [4.78, 5) is 23.9. The zero-order chi connectivity index (χ0) is 16.8. The van der Waals surface area contributed by atoms with E-state index in [9.17, 15) is 14.7 Å². The maximum Gasteiger partial charge on any atom is 0.313 e. The first-order chi connectivity index (χ1) is 11.0. The Bertz CT molecular complexity index is 565. The molecule has 2 amide bonds. The Morgan fingerprint density at radius 1 is 1.17 bits per heavy atom. The summed E-state index contributed by atoms with van der Waals surface area (Å²) >= 11 is 0. The molecule has 1 unspecified atom stereocenters. The van der Waals surface area contributed by atoms with Crippen molar-refractivity contribution in [2.75, 3.05) is 11.9 Å². The van der Waals surface area contributed by atoms with E-state index >= 15 is 0 Å². The van der Waals surface area contributed by atoms with Gasteiger partial charge in [0.1, 0.15) is 0 Å². The van der Waals surface area contributed by atoms with Crippen molar-refractivity contribution in [1.82, 2.24) is 5.32 Å². The van der Waals surface area contributed by atoms with Crippen LogP contribution in [0.5, 0.6) is 0 Å². The molecule has 1 aromatic rings. The van der Waals surface area contributed by atoms with Gasteiger partial charge in [0.15, 0.2) is 0 Å². The van der Waals surface area contributed by atoms with Crippen LogP contribution in [0.3, 0.4) is 0 Å². The van der Waals surface area contributed by atoms with Crippen LogP contribution in [-0.2, 0) is 9.59 Å². The van der Waals surface area contributed by atoms with E-state index in [-0.39, 0.29) is 12.5 Å². The Morgan fingerprint density at radius 3 is 2.57 bits per heavy atom. The lowest BCUT2D eigenvalue weighted by atomic mass is 9.85. The molecule has 0 radical (unpaired) electrons. The summed E-state index contributed by atoms with van der Waals surface area (Å²) in [5, 5.41) is 15.3. The molecular weight excluding hydrogens is 292 g/mol. The largest absolute Gasteiger partial charge is 0.391 e. The second-order valence-electron chi connectivity index (χ2n) is 6.45. The molecule has 0 spiro atoms. The first kappa shape index (κ1) is 17.5. The highest BCUT2D eigenvalue weighted by molar-refractivity contribution is 6.39. The summed E-state index contributed by atoms with van der Waals surface area (Å²) in [6.45, 7) is 3.93. The molecule has 0 heterocycles. The normalized spacial score (nSPS) is 16.7. The van der Waals surface area contributed by atoms with E-state index in [4.69, 9.17) is 0 Å². The van der Waals surface area contributed by atoms with Crippen molar-refractivity contribution in [2.45, 2.75) is 52.1 Å². The zero-order valence-electron chi connectivity index (χ0n) is 13.9. The van der Waals surface area contributed by atoms with E-state index < -0.39 is 17.9 Å². The Labute approximate surface area is 137 Å². The number of nitrogens with one attached hydrogen (secondary N) is 2. The molecule has 1 atom stereocenters. The third-order valence-corrected chi connectivity index (χ3v) is 4.51. The molecule has 1 aliphatic carbocycles. The summed E-state index contributed by atoms with van der Waals surface area (Å²) in [5.41, 5.74) is 2.55. The number of aliphatic hydroxyl groups excluding tert-OH is 1. The summed E-state index contributed by atoms with van der Waals surface area (Å²) in [6, 6.07) is 5.68. The van der Waals surface area contributed by atoms with E-state index in [1.807, 2.05) is 32.0 Å². The van der Waals surface area contributed by atoms with Crippen molar-refractivity contribution < 1.29 is 14.7 Å². The topological polar surface area (TPSA) is 78.4 Å². The Morgan fingerprint density at radius 2 is 1.87 bits per heavy atom. The van der Waals surface area contributed by atoms with Crippen molar-refractivity contribution >= 4 is 17.5 Å². The minimum absolute atomic E-state index is 0.129. The van der Waals surface area contributed by atoms with Gasteiger partial charge in [-0.1, -0.05) is 31.4 Å². The SMILES string of the molecule is Cc1ccc(C)c(NC(=O)C(=O)NCC(O)C2CCCCC2)c1. The smallest absolute Gasteiger partial charge is 0.313 e. The van der Waals surface area contributed by atoms with E-state index in [2.05, 4.69) is 10.6 Å². The number of anilines is 1. The van der Waals surface area contributed by atoms with Crippen LogP contribution in [0.1, 0.15) is 43.2 Å². The van der Waals surface area contributed by atoms with Crippen LogP contribution in [-0.4, -0.2) is 29.6 Å². The predicted octanol–water partition coefficient (Wildman–Crippen LogP) is 2.30. The maximum atomic E-state index is 12.0. The molecule has 5 heteroatoms. The molecule has 1 saturated carbocycles. The van der Waals surface area contributed by atoms with Crippen molar-refractivity contribution in [3.8, 4) is 0 Å². The van der Waals surface area contributed by atoms with Gasteiger partial charge in [0, 0.05) is 12.2 Å². The number of aliphatic hydroxyl groups is 1. The van der Waals surface area contributed by atoms with Crippen LogP contribution >= 0.6 is 0 Å². The van der Waals surface area contributed by atoms with Gasteiger partial charge in [0.05, 0.1) is 6.10 Å². The van der Waals surface area contributed by atoms with Crippen molar-refractivity contribution in [3.63, 3.8) is 0 Å². The number of amides is 2. The fourth-order valence-corrected chi connectivity index (χ4v) is 3.01. The van der Waals surface area contributed by atoms with E-state index in [0.717, 1.165) is 36.8 Å². The van der Waals surface area contributed by atoms with Gasteiger partial charge in [-0.25, -0.2) is 0 Å². The van der Waals surface area contributed by atoms with Crippen LogP contribution in [0.2, 0.25) is 0 Å². The minimum atomic E-state index is -0.708. The molecule has 23 heavy (non-hydrogen) atoms. The molecule has 0 aromatic heterocycles. The highest BCUT2D eigenvalue weighted by Crippen LogP contribution is 2.26. The first-order valence-corrected chi connectivity index (χ1v) is 8.32. The number of rotatable bonds is 4. The van der Waals surface area contributed by atoms with Gasteiger partial charge in [0.25, 0.3) is 0 Å². The maximum absolute atomic E-state index is 12.0. The van der Waals surface area contributed by atoms with Crippen molar-refractivity contribution in [2.24, 2.45) is 5.92 Å². The molecule has 0 aliphatic heterocycles. The van der Waals surface area contributed by atoms with Gasteiger partial charge < -0.3 is 15.7 Å². The predicted molar refractivity (Wildman–Crippen MR) is 90.1 cm³/mol. The Hall–Kier alpha value is -1.88. The summed E-state index contributed by atoms with van der Waals surface area (Å²) < 4.78 is 0. The molecule has 3 N–H and O–H groups in total. The van der Waals surface area contributed by atoms with Gasteiger partial charge in [-0.05, 0) is 49.8 Å². The van der Waals surface area contributed by atoms with Crippen LogP contribution in [0, 0.1) is 19.8 Å². The number of hydrogen-bond donors (Lipinski definition) is 3. The van der Waals surface area contributed by atoms with E-state index in [1.54, 1.807) is 0 Å². The lowest BCUT2D eigenvalue weighted by Gasteiger charge is -2.26. The summed E-state index contributed by atoms with van der Waals surface area (Å²) in [6.07, 6.45) is 4.88. The van der Waals surface area contributed by atoms with Crippen LogP contribution in [0.15, 0.2) is 18.2 Å². The highest BCUT2D eigenvalue weighted by Gasteiger charge is 2.23. The molecule has 2 rings (SSSR count). The standard InChI is InChI=1S/C18H26N2O3/c1-12-8-9-13(2)15(10-12)20-18(23)17(22)19-11-16(21)14-6-4-3-5-7-14/h8-10,14,16,21H,3-7,11H2,1-2H3,(H,19,22)(H,20,23). The van der Waals surface area contributed by atoms with Crippen LogP contribution in [0.25, 0.3) is 0 Å². The lowest BCUT2D eigenvalue weighted by Crippen LogP contribution is -2.42. The second kappa shape index (κ2) is 8.11. The average Bonchev–Trinajstić information content (AvgIpc) is 2.56. The molecule has 1 aromatic carbocycles. The second-order valence-corrected chi connectivity index (χ2v) is 6.45. The monoisotopic (exact) mass is 318 g/mol. The summed E-state index contributed by atoms with van der Waals surface area (Å²) in [5.74, 6) is -1.18. The van der Waals surface area contributed by atoms with Crippen LogP contribution < -0.4 is 10.6 Å². The van der Waals surface area contributed by atoms with Crippen molar-refractivity contribution in [3.05, 3.63) is 29.3 Å². The third kappa shape index (κ3) is 5.06. The number of carbonyl (C=O) groups is 2. The minimum Gasteiger partial charge on any atom is -0.391 e. The third-order valence-electron chi connectivity index (χ3n) is 4.51. The van der Waals surface area contributed by atoms with E-state index in [1.165, 1.54) is 6.42 Å². The zero-order valence-corrected chi connectivity index (χ0v) is 13.9. The molecule has 0 bridgehead atoms. The number of benzene rings is 1. The molecule has 126 valence electrons. The molecule has 1 fully saturated rings. The van der Waals surface area contributed by atoms with Gasteiger partial charge >= 0.3 is 11.8 Å². The molecule has 5 nitrogen and oxygen atoms in total. The van der Waals surface area contributed by atoms with Crippen LogP contribution in [0.4, 0.5) is 5.69 Å². The number of aryl methyl sites for hydroxylation is 2. The molecule has 0 saturated heterocycles. The van der Waals surface area contributed by atoms with Gasteiger partial charge in [-0.3, -0.25) is 9.59 Å². The first-order valence-electron chi connectivity index (χ1n) is 8.32. The quantitative estimate of drug-likeness (QED) is 0.745. The summed E-state index contributed by atoms with van der Waals surface area (Å²) in [7, 11) is 0. The lowest BCUT2D eigenvalue weighted by molar-refractivity contribution is -0.136. The fraction of sp³-hybridized carbons (Fsp3) is 0.556. The molecular formula is C18H26N2O3. The number of hydrogen-bond acceptors (Lipinski definition) is 3. The Balaban J connectivity index is 1.82. The molecule has 1 aliphatic rings. The highest BCUT2D eigenvalue weighted by atomic mass is 16.3. The average molecular weight is 318 g/mol. The van der Waals surface area contributed by atoms with Gasteiger partial charge in [0.2, 0.25) is 0 Å². The van der Waals surface area contributed by atoms with Gasteiger partial charge in [-0.15, -0.1) is 0 Å². The van der Waals surface area contributed by atoms with E-state index in [0.29, 0.717) is 5.69 Å². The Kier molecular flexibility index (Phi) is 6.16. The van der Waals surface area contributed by atoms with Crippen molar-refractivity contribution in [1.29, 1.82) is 0 Å². The van der Waals surface area contributed by atoms with Gasteiger partial charge in [-0.2, -0.15) is 0 Å².